The van der Waals surface area contributed by atoms with Crippen LogP contribution >= 0.6 is 11.8 Å². The molecule has 2 nitrogen and oxygen atoms in total. The van der Waals surface area contributed by atoms with Gasteiger partial charge in [0.2, 0.25) is 0 Å². The van der Waals surface area contributed by atoms with Crippen molar-refractivity contribution in [1.82, 2.24) is 0 Å². The Labute approximate surface area is 129 Å². The zero-order valence-corrected chi connectivity index (χ0v) is 13.1. The molecule has 1 aliphatic rings. The summed E-state index contributed by atoms with van der Waals surface area (Å²) in [5, 5.41) is 0. The van der Waals surface area contributed by atoms with Crippen molar-refractivity contribution in [3.05, 3.63) is 58.7 Å². The molecule has 1 heterocycles. The number of aryl methyl sites for hydroxylation is 2. The zero-order chi connectivity index (χ0) is 14.8. The van der Waals surface area contributed by atoms with Crippen molar-refractivity contribution in [2.45, 2.75) is 24.7 Å². The van der Waals surface area contributed by atoms with Gasteiger partial charge in [-0.2, -0.15) is 0 Å². The minimum atomic E-state index is 0.441. The number of hydrogen-bond acceptors (Lipinski definition) is 3. The molecule has 3 rings (SSSR count). The van der Waals surface area contributed by atoms with Gasteiger partial charge in [-0.1, -0.05) is 18.2 Å². The zero-order valence-electron chi connectivity index (χ0n) is 12.3. The molecule has 0 saturated heterocycles. The van der Waals surface area contributed by atoms with E-state index in [2.05, 4.69) is 24.3 Å². The summed E-state index contributed by atoms with van der Waals surface area (Å²) in [7, 11) is 0. The number of ether oxygens (including phenoxy) is 1. The van der Waals surface area contributed by atoms with Crippen molar-refractivity contribution < 1.29 is 9.53 Å². The summed E-state index contributed by atoms with van der Waals surface area (Å²) >= 11 is 1.90. The number of carbonyl (C=O) groups is 1. The second-order valence-corrected chi connectivity index (χ2v) is 6.52. The van der Waals surface area contributed by atoms with E-state index in [1.807, 2.05) is 37.7 Å². The Bertz CT molecular complexity index is 656. The Hall–Kier alpha value is -1.74. The van der Waals surface area contributed by atoms with E-state index in [4.69, 9.17) is 4.74 Å². The lowest BCUT2D eigenvalue weighted by Gasteiger charge is -2.16. The molecule has 0 fully saturated rings. The van der Waals surface area contributed by atoms with Crippen LogP contribution in [0.15, 0.2) is 41.3 Å². The number of rotatable bonds is 4. The van der Waals surface area contributed by atoms with Crippen molar-refractivity contribution in [1.29, 1.82) is 0 Å². The van der Waals surface area contributed by atoms with E-state index < -0.39 is 0 Å². The fraction of sp³-hybridized carbons (Fsp3) is 0.278. The van der Waals surface area contributed by atoms with Crippen molar-refractivity contribution in [3.8, 4) is 5.75 Å². The highest BCUT2D eigenvalue weighted by molar-refractivity contribution is 7.99. The average molecular weight is 298 g/mol. The molecular weight excluding hydrogens is 280 g/mol. The number of thioether (sulfide) groups is 1. The van der Waals surface area contributed by atoms with E-state index >= 15 is 0 Å². The normalized spacial score (nSPS) is 16.6. The van der Waals surface area contributed by atoms with Gasteiger partial charge < -0.3 is 4.74 Å². The fourth-order valence-electron chi connectivity index (χ4n) is 2.83. The molecule has 0 aliphatic carbocycles. The molecule has 3 heteroatoms. The lowest BCUT2D eigenvalue weighted by Crippen LogP contribution is -2.11. The van der Waals surface area contributed by atoms with Crippen LogP contribution in [0.5, 0.6) is 5.75 Å². The van der Waals surface area contributed by atoms with E-state index in [0.29, 0.717) is 18.1 Å². The predicted molar refractivity (Wildman–Crippen MR) is 86.7 cm³/mol. The summed E-state index contributed by atoms with van der Waals surface area (Å²) in [4.78, 5) is 12.3. The van der Waals surface area contributed by atoms with Gasteiger partial charge >= 0.3 is 0 Å². The lowest BCUT2D eigenvalue weighted by molar-refractivity contribution is 0.112. The van der Waals surface area contributed by atoms with Crippen molar-refractivity contribution in [3.63, 3.8) is 0 Å². The minimum absolute atomic E-state index is 0.441. The Morgan fingerprint density at radius 1 is 1.24 bits per heavy atom. The van der Waals surface area contributed by atoms with Gasteiger partial charge in [0, 0.05) is 22.1 Å². The first-order valence-electron chi connectivity index (χ1n) is 7.10. The highest BCUT2D eigenvalue weighted by atomic mass is 32.2. The number of aldehydes is 1. The molecule has 2 aromatic rings. The van der Waals surface area contributed by atoms with Gasteiger partial charge in [-0.3, -0.25) is 4.79 Å². The topological polar surface area (TPSA) is 26.3 Å². The SMILES string of the molecule is Cc1cc(C=O)cc(C)c1OCC1CSc2ccccc21. The largest absolute Gasteiger partial charge is 0.492 e. The van der Waals surface area contributed by atoms with Gasteiger partial charge in [0.05, 0.1) is 6.61 Å². The maximum Gasteiger partial charge on any atom is 0.150 e. The third kappa shape index (κ3) is 2.84. The third-order valence-corrected chi connectivity index (χ3v) is 5.10. The molecule has 2 aromatic carbocycles. The summed E-state index contributed by atoms with van der Waals surface area (Å²) in [6.45, 7) is 4.67. The predicted octanol–water partition coefficient (Wildman–Crippen LogP) is 4.38. The Morgan fingerprint density at radius 2 is 1.95 bits per heavy atom. The molecular formula is C18H18O2S. The maximum absolute atomic E-state index is 10.9. The number of benzene rings is 2. The monoisotopic (exact) mass is 298 g/mol. The van der Waals surface area contributed by atoms with Crippen LogP contribution in [-0.2, 0) is 0 Å². The van der Waals surface area contributed by atoms with Crippen LogP contribution in [0.1, 0.15) is 33.0 Å². The molecule has 0 N–H and O–H groups in total. The second kappa shape index (κ2) is 5.94. The van der Waals surface area contributed by atoms with E-state index in [0.717, 1.165) is 28.9 Å². The first-order chi connectivity index (χ1) is 10.2. The Kier molecular flexibility index (Phi) is 4.02. The Morgan fingerprint density at radius 3 is 2.67 bits per heavy atom. The van der Waals surface area contributed by atoms with E-state index in [1.54, 1.807) is 0 Å². The van der Waals surface area contributed by atoms with Crippen molar-refractivity contribution >= 4 is 18.0 Å². The van der Waals surface area contributed by atoms with Crippen LogP contribution < -0.4 is 4.74 Å². The highest BCUT2D eigenvalue weighted by Gasteiger charge is 2.23. The number of fused-ring (bicyclic) bond motifs is 1. The van der Waals surface area contributed by atoms with E-state index in [9.17, 15) is 4.79 Å². The maximum atomic E-state index is 10.9. The summed E-state index contributed by atoms with van der Waals surface area (Å²) in [6, 6.07) is 12.3. The van der Waals surface area contributed by atoms with Gasteiger partial charge in [0.15, 0.2) is 0 Å². The van der Waals surface area contributed by atoms with Crippen LogP contribution in [-0.4, -0.2) is 18.6 Å². The molecule has 0 amide bonds. The summed E-state index contributed by atoms with van der Waals surface area (Å²) in [5.41, 5.74) is 4.15. The molecule has 0 bridgehead atoms. The standard InChI is InChI=1S/C18H18O2S/c1-12-7-14(9-19)8-13(2)18(12)20-10-15-11-21-17-6-4-3-5-16(15)17/h3-9,15H,10-11H2,1-2H3. The molecule has 0 spiro atoms. The number of carbonyl (C=O) groups excluding carboxylic acids is 1. The lowest BCUT2D eigenvalue weighted by atomic mass is 10.0. The fourth-order valence-corrected chi connectivity index (χ4v) is 4.06. The second-order valence-electron chi connectivity index (χ2n) is 5.46. The quantitative estimate of drug-likeness (QED) is 0.783. The van der Waals surface area contributed by atoms with Crippen molar-refractivity contribution in [2.75, 3.05) is 12.4 Å². The molecule has 0 aromatic heterocycles. The van der Waals surface area contributed by atoms with Gasteiger partial charge in [0.25, 0.3) is 0 Å². The minimum Gasteiger partial charge on any atom is -0.492 e. The van der Waals surface area contributed by atoms with E-state index in [1.165, 1.54) is 10.5 Å². The summed E-state index contributed by atoms with van der Waals surface area (Å²) < 4.78 is 6.08. The van der Waals surface area contributed by atoms with E-state index in [-0.39, 0.29) is 0 Å². The molecule has 0 radical (unpaired) electrons. The van der Waals surface area contributed by atoms with Crippen LogP contribution in [0.25, 0.3) is 0 Å². The molecule has 1 aliphatic heterocycles. The van der Waals surface area contributed by atoms with Crippen LogP contribution in [0.3, 0.4) is 0 Å². The van der Waals surface area contributed by atoms with Gasteiger partial charge in [-0.15, -0.1) is 11.8 Å². The molecule has 1 atom stereocenters. The number of hydrogen-bond donors (Lipinski definition) is 0. The smallest absolute Gasteiger partial charge is 0.150 e. The third-order valence-electron chi connectivity index (χ3n) is 3.85. The molecule has 0 saturated carbocycles. The molecule has 108 valence electrons. The Balaban J connectivity index is 1.76. The van der Waals surface area contributed by atoms with Gasteiger partial charge in [-0.25, -0.2) is 0 Å². The summed E-state index contributed by atoms with van der Waals surface area (Å²) in [5.74, 6) is 2.43. The van der Waals surface area contributed by atoms with Gasteiger partial charge in [-0.05, 0) is 48.7 Å². The highest BCUT2D eigenvalue weighted by Crippen LogP contribution is 2.39. The van der Waals surface area contributed by atoms with Gasteiger partial charge in [0.1, 0.15) is 12.0 Å². The first kappa shape index (κ1) is 14.2. The summed E-state index contributed by atoms with van der Waals surface area (Å²) in [6.07, 6.45) is 0.883. The van der Waals surface area contributed by atoms with Crippen LogP contribution in [0, 0.1) is 13.8 Å². The molecule has 21 heavy (non-hydrogen) atoms. The molecule has 1 unspecified atom stereocenters. The van der Waals surface area contributed by atoms with Crippen LogP contribution in [0.4, 0.5) is 0 Å². The van der Waals surface area contributed by atoms with Crippen LogP contribution in [0.2, 0.25) is 0 Å². The average Bonchev–Trinajstić information content (AvgIpc) is 2.89. The first-order valence-corrected chi connectivity index (χ1v) is 8.08. The van der Waals surface area contributed by atoms with Crippen molar-refractivity contribution in [2.24, 2.45) is 0 Å².